The standard InChI is InChI=1S/2C12H13NO.C8H8O3.Al/c2*1-3-9-7-8(2)13-12-10(9)5-4-6-11(12)14;1-5-2-3-7(9)6(4-5)8(10)11;/h2*4-7,14H,3H2,1-2H3;2-4,9H,1H3,(H,10,11);/q;;;+3/p-3. The molecule has 0 bridgehead atoms. The first kappa shape index (κ1) is 32.1. The number of aromatic carboxylic acids is 1. The molecule has 0 amide bonds. The third-order valence-electron chi connectivity index (χ3n) is 6.16. The van der Waals surface area contributed by atoms with Crippen LogP contribution in [-0.2, 0) is 12.8 Å². The van der Waals surface area contributed by atoms with Crippen molar-refractivity contribution in [3.63, 3.8) is 0 Å². The molecule has 0 atom stereocenters. The average Bonchev–Trinajstić information content (AvgIpc) is 2.91. The van der Waals surface area contributed by atoms with Crippen LogP contribution in [0.4, 0.5) is 0 Å². The zero-order valence-corrected chi connectivity index (χ0v) is 24.5. The van der Waals surface area contributed by atoms with Crippen LogP contribution >= 0.6 is 0 Å². The minimum absolute atomic E-state index is 0. The minimum atomic E-state index is -1.17. The molecule has 0 aliphatic heterocycles. The maximum atomic E-state index is 11.5. The zero-order chi connectivity index (χ0) is 28.7. The Kier molecular flexibility index (Phi) is 11.5. The monoisotopic (exact) mass is 550 g/mol. The van der Waals surface area contributed by atoms with Gasteiger partial charge >= 0.3 is 23.3 Å². The van der Waals surface area contributed by atoms with Crippen molar-refractivity contribution in [3.05, 3.63) is 100 Å². The van der Waals surface area contributed by atoms with Crippen LogP contribution in [0.3, 0.4) is 0 Å². The predicted octanol–water partition coefficient (Wildman–Crippen LogP) is 4.74. The molecule has 5 rings (SSSR count). The second-order valence-electron chi connectivity index (χ2n) is 9.16. The normalized spacial score (nSPS) is 10.1. The predicted molar refractivity (Wildman–Crippen MR) is 154 cm³/mol. The number of carboxylic acid groups (broad SMARTS) is 1. The first-order valence-corrected chi connectivity index (χ1v) is 12.7. The molecule has 0 unspecified atom stereocenters. The van der Waals surface area contributed by atoms with Crippen molar-refractivity contribution in [1.29, 1.82) is 0 Å². The van der Waals surface area contributed by atoms with Gasteiger partial charge in [-0.15, -0.1) is 0 Å². The average molecular weight is 551 g/mol. The van der Waals surface area contributed by atoms with Crippen LogP contribution in [0.15, 0.2) is 66.7 Å². The number of carbonyl (C=O) groups is 1. The van der Waals surface area contributed by atoms with E-state index in [1.165, 1.54) is 23.3 Å². The molecule has 0 fully saturated rings. The van der Waals surface area contributed by atoms with Gasteiger partial charge in [-0.05, 0) is 62.9 Å². The summed E-state index contributed by atoms with van der Waals surface area (Å²) in [5, 5.41) is 44.4. The second-order valence-corrected chi connectivity index (χ2v) is 9.16. The molecule has 0 saturated heterocycles. The number of rotatable bonds is 3. The Hall–Kier alpha value is -4.12. The fraction of sp³-hybridized carbons (Fsp3) is 0.219. The maximum absolute atomic E-state index is 11.5. The van der Waals surface area contributed by atoms with E-state index in [1.54, 1.807) is 37.3 Å². The van der Waals surface area contributed by atoms with Gasteiger partial charge in [-0.2, -0.15) is 0 Å². The van der Waals surface area contributed by atoms with E-state index in [4.69, 9.17) is 5.11 Å². The van der Waals surface area contributed by atoms with Gasteiger partial charge in [-0.25, -0.2) is 4.79 Å². The summed E-state index contributed by atoms with van der Waals surface area (Å²) in [6, 6.07) is 18.9. The number of fused-ring (bicyclic) bond motifs is 2. The van der Waals surface area contributed by atoms with E-state index in [0.717, 1.165) is 40.6 Å². The maximum Gasteiger partial charge on any atom is 3.00 e. The third-order valence-corrected chi connectivity index (χ3v) is 6.16. The fourth-order valence-electron chi connectivity index (χ4n) is 4.27. The van der Waals surface area contributed by atoms with Crippen LogP contribution < -0.4 is 15.3 Å². The summed E-state index contributed by atoms with van der Waals surface area (Å²) in [6.07, 6.45) is 1.87. The summed E-state index contributed by atoms with van der Waals surface area (Å²) in [4.78, 5) is 18.9. The third kappa shape index (κ3) is 7.72. The van der Waals surface area contributed by atoms with Crippen molar-refractivity contribution in [2.24, 2.45) is 0 Å². The molecule has 0 aliphatic carbocycles. The molecule has 202 valence electrons. The van der Waals surface area contributed by atoms with Gasteiger partial charge in [-0.3, -0.25) is 9.97 Å². The molecular formula is C32H31AlN2O5. The van der Waals surface area contributed by atoms with E-state index >= 15 is 0 Å². The summed E-state index contributed by atoms with van der Waals surface area (Å²) in [5.41, 5.74) is 6.05. The van der Waals surface area contributed by atoms with Crippen molar-refractivity contribution in [2.75, 3.05) is 0 Å². The van der Waals surface area contributed by atoms with E-state index in [1.807, 2.05) is 38.1 Å². The molecule has 7 nitrogen and oxygen atoms in total. The minimum Gasteiger partial charge on any atom is -0.872 e. The largest absolute Gasteiger partial charge is 3.00 e. The van der Waals surface area contributed by atoms with Crippen molar-refractivity contribution < 1.29 is 25.2 Å². The molecule has 0 aliphatic rings. The van der Waals surface area contributed by atoms with Crippen LogP contribution in [0.1, 0.15) is 52.3 Å². The van der Waals surface area contributed by atoms with E-state index in [9.17, 15) is 20.1 Å². The number of benzene rings is 3. The Balaban J connectivity index is 0.000000210. The van der Waals surface area contributed by atoms with Crippen LogP contribution in [0.2, 0.25) is 0 Å². The molecule has 5 aromatic rings. The van der Waals surface area contributed by atoms with Crippen molar-refractivity contribution in [2.45, 2.75) is 47.5 Å². The van der Waals surface area contributed by atoms with Crippen LogP contribution in [0.25, 0.3) is 21.8 Å². The van der Waals surface area contributed by atoms with Gasteiger partial charge in [0.15, 0.2) is 0 Å². The summed E-state index contributed by atoms with van der Waals surface area (Å²) in [7, 11) is 0. The van der Waals surface area contributed by atoms with Gasteiger partial charge in [0.1, 0.15) is 0 Å². The molecular weight excluding hydrogens is 519 g/mol. The zero-order valence-electron chi connectivity index (χ0n) is 23.3. The molecule has 8 heteroatoms. The molecule has 0 spiro atoms. The Morgan fingerprint density at radius 1 is 0.700 bits per heavy atom. The number of nitrogens with zero attached hydrogens (tertiary/aromatic N) is 2. The number of para-hydroxylation sites is 2. The van der Waals surface area contributed by atoms with Gasteiger partial charge in [0, 0.05) is 22.2 Å². The molecule has 40 heavy (non-hydrogen) atoms. The number of hydrogen-bond donors (Lipinski definition) is 1. The van der Waals surface area contributed by atoms with Gasteiger partial charge in [-0.1, -0.05) is 85.2 Å². The van der Waals surface area contributed by atoms with Crippen LogP contribution in [-0.4, -0.2) is 38.4 Å². The quantitative estimate of drug-likeness (QED) is 0.321. The van der Waals surface area contributed by atoms with E-state index in [2.05, 4.69) is 23.8 Å². The SMILES string of the molecule is CCc1cc(C)nc2c([O-])cccc12.CCc1cc(C)nc2c([O-])cccc12.Cc1ccc([O-])c(C(=O)O)c1.[Al+3]. The molecule has 1 N–H and O–H groups in total. The summed E-state index contributed by atoms with van der Waals surface area (Å²) >= 11 is 0. The second kappa shape index (κ2) is 14.3. The van der Waals surface area contributed by atoms with Gasteiger partial charge in [0.2, 0.25) is 0 Å². The Labute approximate surface area is 244 Å². The van der Waals surface area contributed by atoms with E-state index < -0.39 is 11.7 Å². The number of aromatic nitrogens is 2. The van der Waals surface area contributed by atoms with Gasteiger partial charge in [0.25, 0.3) is 0 Å². The van der Waals surface area contributed by atoms with Crippen LogP contribution in [0, 0.1) is 20.8 Å². The number of hydrogen-bond acceptors (Lipinski definition) is 6. The fourth-order valence-corrected chi connectivity index (χ4v) is 4.27. The molecule has 3 aromatic carbocycles. The molecule has 2 heterocycles. The topological polar surface area (TPSA) is 132 Å². The van der Waals surface area contributed by atoms with Gasteiger partial charge < -0.3 is 20.4 Å². The first-order chi connectivity index (χ1) is 18.5. The molecule has 0 saturated carbocycles. The Morgan fingerprint density at radius 3 is 1.52 bits per heavy atom. The number of aryl methyl sites for hydroxylation is 5. The first-order valence-electron chi connectivity index (χ1n) is 12.7. The summed E-state index contributed by atoms with van der Waals surface area (Å²) in [5.74, 6) is -1.58. The van der Waals surface area contributed by atoms with Crippen molar-refractivity contribution in [3.8, 4) is 17.2 Å². The Bertz CT molecular complexity index is 1540. The van der Waals surface area contributed by atoms with Crippen molar-refractivity contribution >= 4 is 45.1 Å². The van der Waals surface area contributed by atoms with Crippen molar-refractivity contribution in [1.82, 2.24) is 9.97 Å². The van der Waals surface area contributed by atoms with E-state index in [-0.39, 0.29) is 34.4 Å². The van der Waals surface area contributed by atoms with Crippen LogP contribution in [0.5, 0.6) is 17.2 Å². The number of carboxylic acids is 1. The van der Waals surface area contributed by atoms with Gasteiger partial charge in [0.05, 0.1) is 16.6 Å². The summed E-state index contributed by atoms with van der Waals surface area (Å²) < 4.78 is 0. The molecule has 0 radical (unpaired) electrons. The number of pyridine rings is 2. The Morgan fingerprint density at radius 2 is 1.15 bits per heavy atom. The van der Waals surface area contributed by atoms with E-state index in [0.29, 0.717) is 11.0 Å². The smallest absolute Gasteiger partial charge is 0.872 e. The molecule has 2 aromatic heterocycles. The summed E-state index contributed by atoms with van der Waals surface area (Å²) in [6.45, 7) is 9.76.